The van der Waals surface area contributed by atoms with Gasteiger partial charge in [-0.3, -0.25) is 0 Å². The summed E-state index contributed by atoms with van der Waals surface area (Å²) in [6.45, 7) is 2.72. The minimum absolute atomic E-state index is 0.168. The molecule has 3 rings (SSSR count). The lowest BCUT2D eigenvalue weighted by atomic mass is 9.91. The maximum Gasteiger partial charge on any atom is 0.104 e. The first-order chi connectivity index (χ1) is 9.66. The SMILES string of the molecule is Cc1ccccc1C(O)c1cccc(C2(CN)CC2)c1. The molecule has 2 aromatic carbocycles. The van der Waals surface area contributed by atoms with Crippen LogP contribution in [-0.2, 0) is 5.41 Å². The summed E-state index contributed by atoms with van der Waals surface area (Å²) in [5.41, 5.74) is 10.4. The lowest BCUT2D eigenvalue weighted by Crippen LogP contribution is -2.20. The monoisotopic (exact) mass is 267 g/mol. The van der Waals surface area contributed by atoms with Gasteiger partial charge in [-0.2, -0.15) is 0 Å². The summed E-state index contributed by atoms with van der Waals surface area (Å²) in [5, 5.41) is 10.6. The highest BCUT2D eigenvalue weighted by molar-refractivity contribution is 5.40. The van der Waals surface area contributed by atoms with Gasteiger partial charge in [0.1, 0.15) is 6.10 Å². The fraction of sp³-hybridized carbons (Fsp3) is 0.333. The molecule has 1 fully saturated rings. The smallest absolute Gasteiger partial charge is 0.104 e. The zero-order valence-corrected chi connectivity index (χ0v) is 11.8. The summed E-state index contributed by atoms with van der Waals surface area (Å²) < 4.78 is 0. The molecule has 1 aliphatic rings. The third kappa shape index (κ3) is 2.26. The quantitative estimate of drug-likeness (QED) is 0.894. The van der Waals surface area contributed by atoms with Crippen molar-refractivity contribution in [2.24, 2.45) is 5.73 Å². The Labute approximate surface area is 120 Å². The molecule has 2 nitrogen and oxygen atoms in total. The van der Waals surface area contributed by atoms with Gasteiger partial charge >= 0.3 is 0 Å². The van der Waals surface area contributed by atoms with E-state index in [1.54, 1.807) is 0 Å². The number of nitrogens with two attached hydrogens (primary N) is 1. The standard InChI is InChI=1S/C18H21NO/c1-13-5-2-3-8-16(13)17(20)14-6-4-7-15(11-14)18(12-19)9-10-18/h2-8,11,17,20H,9-10,12,19H2,1H3. The van der Waals surface area contributed by atoms with E-state index in [0.29, 0.717) is 6.54 Å². The molecule has 0 radical (unpaired) electrons. The van der Waals surface area contributed by atoms with Crippen LogP contribution in [0.15, 0.2) is 48.5 Å². The van der Waals surface area contributed by atoms with Crippen molar-refractivity contribution in [3.05, 3.63) is 70.8 Å². The number of hydrogen-bond donors (Lipinski definition) is 2. The van der Waals surface area contributed by atoms with Crippen molar-refractivity contribution in [2.75, 3.05) is 6.54 Å². The van der Waals surface area contributed by atoms with Gasteiger partial charge in [0.15, 0.2) is 0 Å². The van der Waals surface area contributed by atoms with Crippen LogP contribution in [0.1, 0.15) is 41.2 Å². The first kappa shape index (κ1) is 13.3. The summed E-state index contributed by atoms with van der Waals surface area (Å²) >= 11 is 0. The number of aliphatic hydroxyl groups excluding tert-OH is 1. The van der Waals surface area contributed by atoms with Crippen LogP contribution in [0, 0.1) is 6.92 Å². The largest absolute Gasteiger partial charge is 0.384 e. The second-order valence-electron chi connectivity index (χ2n) is 5.87. The van der Waals surface area contributed by atoms with E-state index in [2.05, 4.69) is 12.1 Å². The predicted molar refractivity (Wildman–Crippen MR) is 81.6 cm³/mol. The molecule has 1 saturated carbocycles. The van der Waals surface area contributed by atoms with Crippen LogP contribution >= 0.6 is 0 Å². The maximum atomic E-state index is 10.6. The molecular weight excluding hydrogens is 246 g/mol. The Morgan fingerprint density at radius 3 is 2.55 bits per heavy atom. The first-order valence-corrected chi connectivity index (χ1v) is 7.20. The lowest BCUT2D eigenvalue weighted by molar-refractivity contribution is 0.219. The Morgan fingerprint density at radius 2 is 1.90 bits per heavy atom. The van der Waals surface area contributed by atoms with Gasteiger partial charge in [-0.1, -0.05) is 48.5 Å². The molecule has 2 heteroatoms. The highest BCUT2D eigenvalue weighted by Gasteiger charge is 2.42. The second kappa shape index (κ2) is 5.04. The van der Waals surface area contributed by atoms with Crippen molar-refractivity contribution in [1.29, 1.82) is 0 Å². The van der Waals surface area contributed by atoms with Gasteiger partial charge < -0.3 is 10.8 Å². The summed E-state index contributed by atoms with van der Waals surface area (Å²) in [7, 11) is 0. The van der Waals surface area contributed by atoms with E-state index in [4.69, 9.17) is 5.73 Å². The molecule has 0 amide bonds. The van der Waals surface area contributed by atoms with E-state index in [-0.39, 0.29) is 5.41 Å². The van der Waals surface area contributed by atoms with E-state index >= 15 is 0 Å². The van der Waals surface area contributed by atoms with Gasteiger partial charge in [0, 0.05) is 12.0 Å². The number of hydrogen-bond acceptors (Lipinski definition) is 2. The van der Waals surface area contributed by atoms with Crippen molar-refractivity contribution >= 4 is 0 Å². The first-order valence-electron chi connectivity index (χ1n) is 7.20. The maximum absolute atomic E-state index is 10.6. The summed E-state index contributed by atoms with van der Waals surface area (Å²) in [6, 6.07) is 16.3. The summed E-state index contributed by atoms with van der Waals surface area (Å²) in [5.74, 6) is 0. The molecule has 0 saturated heterocycles. The van der Waals surface area contributed by atoms with E-state index in [1.807, 2.05) is 43.3 Å². The average Bonchev–Trinajstić information content (AvgIpc) is 3.28. The van der Waals surface area contributed by atoms with Crippen molar-refractivity contribution in [1.82, 2.24) is 0 Å². The van der Waals surface area contributed by atoms with Gasteiger partial charge in [0.05, 0.1) is 0 Å². The van der Waals surface area contributed by atoms with E-state index in [1.165, 1.54) is 5.56 Å². The molecule has 104 valence electrons. The molecule has 0 bridgehead atoms. The Balaban J connectivity index is 1.95. The lowest BCUT2D eigenvalue weighted by Gasteiger charge is -2.18. The number of aryl methyl sites for hydroxylation is 1. The molecule has 0 spiro atoms. The highest BCUT2D eigenvalue weighted by Crippen LogP contribution is 2.47. The van der Waals surface area contributed by atoms with Crippen molar-refractivity contribution in [2.45, 2.75) is 31.3 Å². The van der Waals surface area contributed by atoms with Crippen LogP contribution in [0.5, 0.6) is 0 Å². The van der Waals surface area contributed by atoms with Gasteiger partial charge in [-0.15, -0.1) is 0 Å². The number of rotatable bonds is 4. The third-order valence-electron chi connectivity index (χ3n) is 4.54. The van der Waals surface area contributed by atoms with Gasteiger partial charge in [-0.05, 0) is 42.0 Å². The van der Waals surface area contributed by atoms with E-state index in [9.17, 15) is 5.11 Å². The normalized spacial score (nSPS) is 17.8. The van der Waals surface area contributed by atoms with Crippen LogP contribution in [0.3, 0.4) is 0 Å². The molecule has 0 aliphatic heterocycles. The van der Waals surface area contributed by atoms with Crippen molar-refractivity contribution in [3.8, 4) is 0 Å². The Kier molecular flexibility index (Phi) is 3.36. The molecule has 0 aromatic heterocycles. The molecule has 20 heavy (non-hydrogen) atoms. The molecule has 3 N–H and O–H groups in total. The number of benzene rings is 2. The molecule has 1 unspecified atom stereocenters. The minimum atomic E-state index is -0.565. The van der Waals surface area contributed by atoms with E-state index in [0.717, 1.165) is 29.5 Å². The van der Waals surface area contributed by atoms with Crippen molar-refractivity contribution < 1.29 is 5.11 Å². The van der Waals surface area contributed by atoms with E-state index < -0.39 is 6.10 Å². The Morgan fingerprint density at radius 1 is 1.15 bits per heavy atom. The van der Waals surface area contributed by atoms with Gasteiger partial charge in [-0.25, -0.2) is 0 Å². The second-order valence-corrected chi connectivity index (χ2v) is 5.87. The minimum Gasteiger partial charge on any atom is -0.384 e. The molecule has 1 aliphatic carbocycles. The number of aliphatic hydroxyl groups is 1. The zero-order chi connectivity index (χ0) is 14.2. The van der Waals surface area contributed by atoms with Crippen LogP contribution in [0.2, 0.25) is 0 Å². The Bertz CT molecular complexity index is 616. The average molecular weight is 267 g/mol. The third-order valence-corrected chi connectivity index (χ3v) is 4.54. The molecular formula is C18H21NO. The zero-order valence-electron chi connectivity index (χ0n) is 11.8. The highest BCUT2D eigenvalue weighted by atomic mass is 16.3. The van der Waals surface area contributed by atoms with Crippen LogP contribution in [0.4, 0.5) is 0 Å². The van der Waals surface area contributed by atoms with Crippen LogP contribution in [-0.4, -0.2) is 11.7 Å². The van der Waals surface area contributed by atoms with Crippen LogP contribution in [0.25, 0.3) is 0 Å². The predicted octanol–water partition coefficient (Wildman–Crippen LogP) is 3.07. The van der Waals surface area contributed by atoms with Gasteiger partial charge in [0.25, 0.3) is 0 Å². The fourth-order valence-corrected chi connectivity index (χ4v) is 2.87. The topological polar surface area (TPSA) is 46.2 Å². The van der Waals surface area contributed by atoms with Crippen molar-refractivity contribution in [3.63, 3.8) is 0 Å². The summed E-state index contributed by atoms with van der Waals surface area (Å²) in [4.78, 5) is 0. The fourth-order valence-electron chi connectivity index (χ4n) is 2.87. The summed E-state index contributed by atoms with van der Waals surface area (Å²) in [6.07, 6.45) is 1.76. The molecule has 0 heterocycles. The molecule has 2 aromatic rings. The van der Waals surface area contributed by atoms with Gasteiger partial charge in [0.2, 0.25) is 0 Å². The Hall–Kier alpha value is -1.64. The van der Waals surface area contributed by atoms with Crippen LogP contribution < -0.4 is 5.73 Å². The molecule has 1 atom stereocenters.